The lowest BCUT2D eigenvalue weighted by Gasteiger charge is -1.90. The molecule has 1 aliphatic rings. The fraction of sp³-hybridized carbons (Fsp3) is 0.273. The molecular formula is C22H27N4O4+. The van der Waals surface area contributed by atoms with Crippen LogP contribution < -0.4 is 11.5 Å². The smallest absolute Gasteiger partial charge is 0.303 e. The van der Waals surface area contributed by atoms with Crippen LogP contribution in [0.15, 0.2) is 53.9 Å². The number of Topliss-reactive ketones (excluding diaryl/α,β-unsaturated/α-hetero) is 2. The molecule has 0 bridgehead atoms. The average molecular weight is 411 g/mol. The van der Waals surface area contributed by atoms with Gasteiger partial charge < -0.3 is 31.1 Å². The summed E-state index contributed by atoms with van der Waals surface area (Å²) >= 11 is 0. The Kier molecular flexibility index (Phi) is 10.2. The van der Waals surface area contributed by atoms with E-state index in [1.54, 1.807) is 25.2 Å². The number of hydrogen-bond donors (Lipinski definition) is 4. The lowest BCUT2D eigenvalue weighted by Crippen LogP contribution is -2.09. The molecule has 8 nitrogen and oxygen atoms in total. The number of nitrogens with two attached hydrogens (primary N) is 2. The van der Waals surface area contributed by atoms with Gasteiger partial charge in [0.15, 0.2) is 5.70 Å². The molecule has 0 radical (unpaired) electrons. The predicted octanol–water partition coefficient (Wildman–Crippen LogP) is 2.57. The second kappa shape index (κ2) is 12.6. The molecule has 1 aromatic heterocycles. The fourth-order valence-corrected chi connectivity index (χ4v) is 2.16. The van der Waals surface area contributed by atoms with Gasteiger partial charge in [-0.2, -0.15) is 0 Å². The van der Waals surface area contributed by atoms with Gasteiger partial charge in [0.1, 0.15) is 23.5 Å². The summed E-state index contributed by atoms with van der Waals surface area (Å²) in [7, 11) is 0. The van der Waals surface area contributed by atoms with Gasteiger partial charge in [0.05, 0.1) is 29.6 Å². The van der Waals surface area contributed by atoms with E-state index >= 15 is 0 Å². The molecule has 1 heterocycles. The van der Waals surface area contributed by atoms with Crippen molar-refractivity contribution in [2.45, 2.75) is 39.5 Å². The summed E-state index contributed by atoms with van der Waals surface area (Å²) in [5.74, 6) is 0.0967. The number of hydrogen-bond acceptors (Lipinski definition) is 6. The quantitative estimate of drug-likeness (QED) is 0.533. The van der Waals surface area contributed by atoms with Crippen molar-refractivity contribution in [3.63, 3.8) is 0 Å². The largest absolute Gasteiger partial charge is 0.481 e. The lowest BCUT2D eigenvalue weighted by atomic mass is 10.2. The van der Waals surface area contributed by atoms with Crippen LogP contribution in [0.4, 0.5) is 0 Å². The van der Waals surface area contributed by atoms with Gasteiger partial charge in [-0.3, -0.25) is 4.79 Å². The Hall–Kier alpha value is -3.77. The van der Waals surface area contributed by atoms with Gasteiger partial charge in [0, 0.05) is 25.3 Å². The van der Waals surface area contributed by atoms with Gasteiger partial charge in [0.25, 0.3) is 0 Å². The molecule has 0 spiro atoms. The molecule has 3 rings (SSSR count). The number of imidazole rings is 1. The maximum absolute atomic E-state index is 10.8. The molecule has 0 aliphatic heterocycles. The van der Waals surface area contributed by atoms with Crippen LogP contribution in [0.5, 0.6) is 0 Å². The van der Waals surface area contributed by atoms with Gasteiger partial charge in [0.2, 0.25) is 5.70 Å². The Morgan fingerprint density at radius 3 is 2.20 bits per heavy atom. The molecule has 158 valence electrons. The molecule has 0 saturated heterocycles. The number of fused-ring (bicyclic) bond motifs is 1. The monoisotopic (exact) mass is 411 g/mol. The molecule has 8 heteroatoms. The molecule has 0 saturated carbocycles. The van der Waals surface area contributed by atoms with Crippen molar-refractivity contribution in [3.8, 4) is 0 Å². The van der Waals surface area contributed by atoms with E-state index in [1.807, 2.05) is 24.3 Å². The van der Waals surface area contributed by atoms with E-state index in [-0.39, 0.29) is 24.4 Å². The van der Waals surface area contributed by atoms with Gasteiger partial charge in [-0.25, -0.2) is 4.98 Å². The zero-order valence-corrected chi connectivity index (χ0v) is 17.1. The summed E-state index contributed by atoms with van der Waals surface area (Å²) in [5.41, 5.74) is 13.8. The Bertz CT molecular complexity index is 903. The normalized spacial score (nSPS) is 11.7. The summed E-state index contributed by atoms with van der Waals surface area (Å²) in [6.07, 6.45) is 9.38. The van der Waals surface area contributed by atoms with Crippen LogP contribution in [-0.4, -0.2) is 32.6 Å². The predicted molar refractivity (Wildman–Crippen MR) is 115 cm³/mol. The zero-order chi connectivity index (χ0) is 22.5. The van der Waals surface area contributed by atoms with Crippen LogP contribution in [0, 0.1) is 6.08 Å². The van der Waals surface area contributed by atoms with Gasteiger partial charge in [-0.1, -0.05) is 12.1 Å². The highest BCUT2D eigenvalue weighted by atomic mass is 16.4. The molecule has 1 aromatic carbocycles. The van der Waals surface area contributed by atoms with E-state index in [0.717, 1.165) is 16.9 Å². The number of para-hydroxylation sites is 2. The second-order valence-corrected chi connectivity index (χ2v) is 6.54. The minimum Gasteiger partial charge on any atom is -0.481 e. The van der Waals surface area contributed by atoms with E-state index in [1.165, 1.54) is 6.92 Å². The number of rotatable bonds is 6. The van der Waals surface area contributed by atoms with Crippen molar-refractivity contribution in [2.75, 3.05) is 0 Å². The highest BCUT2D eigenvalue weighted by molar-refractivity contribution is 5.80. The molecule has 0 atom stereocenters. The summed E-state index contributed by atoms with van der Waals surface area (Å²) in [6, 6.07) is 7.87. The van der Waals surface area contributed by atoms with Crippen molar-refractivity contribution in [3.05, 3.63) is 65.8 Å². The molecule has 1 aliphatic carbocycles. The van der Waals surface area contributed by atoms with Gasteiger partial charge >= 0.3 is 5.97 Å². The summed E-state index contributed by atoms with van der Waals surface area (Å²) in [4.78, 5) is 38.2. The molecular weight excluding hydrogens is 384 g/mol. The first-order valence-electron chi connectivity index (χ1n) is 9.35. The topological polar surface area (TPSA) is 152 Å². The Morgan fingerprint density at radius 2 is 1.73 bits per heavy atom. The molecule has 0 amide bonds. The number of aliphatic carboxylic acids is 1. The first-order chi connectivity index (χ1) is 14.2. The molecule has 30 heavy (non-hydrogen) atoms. The molecule has 2 aromatic rings. The number of benzene rings is 1. The third kappa shape index (κ3) is 9.96. The number of aryl methyl sites for hydroxylation is 1. The van der Waals surface area contributed by atoms with Crippen molar-refractivity contribution in [1.29, 1.82) is 0 Å². The van der Waals surface area contributed by atoms with E-state index in [2.05, 4.69) is 16.0 Å². The molecule has 0 fully saturated rings. The van der Waals surface area contributed by atoms with E-state index in [0.29, 0.717) is 24.2 Å². The van der Waals surface area contributed by atoms with Gasteiger partial charge in [-0.15, -0.1) is 0 Å². The number of carboxylic acid groups (broad SMARTS) is 1. The number of nitrogens with zero attached hydrogens (tertiary/aromatic N) is 1. The maximum Gasteiger partial charge on any atom is 0.303 e. The Morgan fingerprint density at radius 1 is 1.07 bits per heavy atom. The van der Waals surface area contributed by atoms with Crippen LogP contribution >= 0.6 is 0 Å². The number of H-pyrrole nitrogens is 1. The van der Waals surface area contributed by atoms with Crippen LogP contribution in [0.1, 0.15) is 38.9 Å². The number of aromatic nitrogens is 2. The van der Waals surface area contributed by atoms with Crippen LogP contribution in [-0.2, 0) is 20.8 Å². The van der Waals surface area contributed by atoms with Gasteiger partial charge in [-0.05, 0) is 26.0 Å². The van der Waals surface area contributed by atoms with Crippen LogP contribution in [0.25, 0.3) is 11.0 Å². The first kappa shape index (κ1) is 24.3. The third-order valence-corrected chi connectivity index (χ3v) is 3.77. The van der Waals surface area contributed by atoms with Crippen molar-refractivity contribution >= 4 is 28.6 Å². The average Bonchev–Trinajstić information content (AvgIpc) is 3.11. The SMILES string of the molecule is CC(=O)CCC(=O)O.CC(=O)CCc1nc2ccccc2[nH]1.NC1=[C+]C=CC=C1N. The summed E-state index contributed by atoms with van der Waals surface area (Å²) < 4.78 is 0. The standard InChI is InChI=1S/C11H12N2O.C6H7N2.C5H8O3/c1-8(14)6-7-11-12-9-4-2-3-5-10(9)13-11;7-5-3-1-2-4-6(5)8;1-4(6)2-3-5(7)8/h2-5H,6-7H2,1H3,(H,12,13);1-3H,7-8H2;2-3H2,1H3,(H,7,8)/q;+1;. The highest BCUT2D eigenvalue weighted by Crippen LogP contribution is 2.11. The van der Waals surface area contributed by atoms with Crippen LogP contribution in [0.2, 0.25) is 0 Å². The van der Waals surface area contributed by atoms with Crippen LogP contribution in [0.3, 0.4) is 0 Å². The Labute approximate surface area is 175 Å². The summed E-state index contributed by atoms with van der Waals surface area (Å²) in [6.45, 7) is 2.98. The number of aromatic amines is 1. The first-order valence-corrected chi connectivity index (χ1v) is 9.35. The summed E-state index contributed by atoms with van der Waals surface area (Å²) in [5, 5.41) is 8.01. The highest BCUT2D eigenvalue weighted by Gasteiger charge is 2.05. The number of carbonyl (C=O) groups is 3. The van der Waals surface area contributed by atoms with E-state index in [4.69, 9.17) is 16.6 Å². The lowest BCUT2D eigenvalue weighted by molar-refractivity contribution is -0.138. The van der Waals surface area contributed by atoms with E-state index < -0.39 is 5.97 Å². The fourth-order valence-electron chi connectivity index (χ4n) is 2.16. The molecule has 0 unspecified atom stereocenters. The van der Waals surface area contributed by atoms with Crippen molar-refractivity contribution in [1.82, 2.24) is 9.97 Å². The third-order valence-electron chi connectivity index (χ3n) is 3.77. The number of ketones is 2. The Balaban J connectivity index is 0.000000243. The number of carbonyl (C=O) groups excluding carboxylic acids is 2. The number of carboxylic acids is 1. The molecule has 6 N–H and O–H groups in total. The zero-order valence-electron chi connectivity index (χ0n) is 17.1. The maximum atomic E-state index is 10.8. The number of allylic oxidation sites excluding steroid dienone is 4. The second-order valence-electron chi connectivity index (χ2n) is 6.54. The van der Waals surface area contributed by atoms with Crippen molar-refractivity contribution in [2.24, 2.45) is 11.5 Å². The minimum atomic E-state index is -0.916. The van der Waals surface area contributed by atoms with Crippen molar-refractivity contribution < 1.29 is 19.5 Å². The van der Waals surface area contributed by atoms with E-state index in [9.17, 15) is 14.4 Å². The number of nitrogens with one attached hydrogen (secondary N) is 1. The minimum absolute atomic E-state index is 0.0463.